The molecule has 7 heteroatoms. The Hall–Kier alpha value is -2.86. The number of rotatable bonds is 6. The van der Waals surface area contributed by atoms with Crippen LogP contribution < -0.4 is 5.32 Å². The predicted molar refractivity (Wildman–Crippen MR) is 122 cm³/mol. The van der Waals surface area contributed by atoms with Crippen molar-refractivity contribution < 1.29 is 9.59 Å². The number of nitrogens with zero attached hydrogens (tertiary/aromatic N) is 3. The summed E-state index contributed by atoms with van der Waals surface area (Å²) in [6, 6.07) is 14.8. The lowest BCUT2D eigenvalue weighted by atomic mass is 9.94. The van der Waals surface area contributed by atoms with Gasteiger partial charge in [0.2, 0.25) is 5.91 Å². The van der Waals surface area contributed by atoms with Crippen LogP contribution in [0.3, 0.4) is 0 Å². The first-order chi connectivity index (χ1) is 15.0. The maximum absolute atomic E-state index is 13.1. The summed E-state index contributed by atoms with van der Waals surface area (Å²) in [7, 11) is 1.90. The molecule has 1 fully saturated rings. The van der Waals surface area contributed by atoms with E-state index < -0.39 is 0 Å². The molecule has 0 bridgehead atoms. The maximum Gasteiger partial charge on any atom is 0.251 e. The molecule has 1 N–H and O–H groups in total. The Morgan fingerprint density at radius 2 is 1.81 bits per heavy atom. The molecule has 1 saturated carbocycles. The second-order valence-electron chi connectivity index (χ2n) is 8.09. The molecule has 0 radical (unpaired) electrons. The fraction of sp³-hybridized carbons (Fsp3) is 0.375. The highest BCUT2D eigenvalue weighted by molar-refractivity contribution is 6.30. The number of carbonyl (C=O) groups is 2. The monoisotopic (exact) mass is 438 g/mol. The molecule has 31 heavy (non-hydrogen) atoms. The highest BCUT2D eigenvalue weighted by atomic mass is 35.5. The zero-order valence-electron chi connectivity index (χ0n) is 17.7. The minimum Gasteiger partial charge on any atom is -0.345 e. The number of nitrogens with one attached hydrogen (secondary N) is 1. The summed E-state index contributed by atoms with van der Waals surface area (Å²) >= 11 is 5.90. The number of likely N-dealkylation sites (N-methyl/N-ethyl adjacent to an activating group) is 1. The van der Waals surface area contributed by atoms with E-state index >= 15 is 0 Å². The van der Waals surface area contributed by atoms with Crippen molar-refractivity contribution >= 4 is 34.4 Å². The van der Waals surface area contributed by atoms with Gasteiger partial charge in [-0.3, -0.25) is 9.59 Å². The van der Waals surface area contributed by atoms with Crippen LogP contribution in [-0.2, 0) is 17.9 Å². The average molecular weight is 439 g/mol. The van der Waals surface area contributed by atoms with Crippen molar-refractivity contribution in [2.24, 2.45) is 0 Å². The Morgan fingerprint density at radius 1 is 1.10 bits per heavy atom. The minimum atomic E-state index is -0.207. The van der Waals surface area contributed by atoms with Crippen LogP contribution in [0.4, 0.5) is 0 Å². The molecule has 0 aliphatic heterocycles. The Bertz CT molecular complexity index is 1070. The third kappa shape index (κ3) is 4.90. The third-order valence-corrected chi connectivity index (χ3v) is 6.31. The van der Waals surface area contributed by atoms with Crippen molar-refractivity contribution in [2.45, 2.75) is 51.2 Å². The van der Waals surface area contributed by atoms with Gasteiger partial charge >= 0.3 is 0 Å². The fourth-order valence-electron chi connectivity index (χ4n) is 4.22. The lowest BCUT2D eigenvalue weighted by Gasteiger charge is -2.31. The SMILES string of the molecule is CN(C(=O)Cn1c(CNC(=O)c2ccc(Cl)cc2)nc2ccccc21)C1CCCCC1. The molecule has 162 valence electrons. The molecular formula is C24H27ClN4O2. The number of hydrogen-bond donors (Lipinski definition) is 1. The summed E-state index contributed by atoms with van der Waals surface area (Å²) in [5.41, 5.74) is 2.23. The van der Waals surface area contributed by atoms with Crippen molar-refractivity contribution in [3.05, 3.63) is 64.9 Å². The quantitative estimate of drug-likeness (QED) is 0.619. The number of amides is 2. The molecule has 1 aliphatic carbocycles. The van der Waals surface area contributed by atoms with Gasteiger partial charge in [0.05, 0.1) is 17.6 Å². The Morgan fingerprint density at radius 3 is 2.55 bits per heavy atom. The Labute approximate surface area is 187 Å². The van der Waals surface area contributed by atoms with Crippen LogP contribution in [0.25, 0.3) is 11.0 Å². The van der Waals surface area contributed by atoms with Crippen molar-refractivity contribution in [3.8, 4) is 0 Å². The van der Waals surface area contributed by atoms with E-state index in [1.54, 1.807) is 24.3 Å². The number of fused-ring (bicyclic) bond motifs is 1. The summed E-state index contributed by atoms with van der Waals surface area (Å²) in [6.07, 6.45) is 5.74. The molecule has 6 nitrogen and oxygen atoms in total. The topological polar surface area (TPSA) is 67.2 Å². The van der Waals surface area contributed by atoms with Crippen LogP contribution in [-0.4, -0.2) is 39.4 Å². The van der Waals surface area contributed by atoms with E-state index in [1.807, 2.05) is 40.8 Å². The lowest BCUT2D eigenvalue weighted by molar-refractivity contribution is -0.133. The van der Waals surface area contributed by atoms with Crippen molar-refractivity contribution in [2.75, 3.05) is 7.05 Å². The molecule has 3 aromatic rings. The number of aromatic nitrogens is 2. The van der Waals surface area contributed by atoms with Gasteiger partial charge in [-0.25, -0.2) is 4.98 Å². The first kappa shape index (κ1) is 21.4. The average Bonchev–Trinajstić information content (AvgIpc) is 3.15. The van der Waals surface area contributed by atoms with Gasteiger partial charge in [-0.2, -0.15) is 0 Å². The molecule has 0 unspecified atom stereocenters. The van der Waals surface area contributed by atoms with Crippen LogP contribution in [0.2, 0.25) is 5.02 Å². The number of halogens is 1. The zero-order chi connectivity index (χ0) is 21.8. The van der Waals surface area contributed by atoms with E-state index in [0.29, 0.717) is 22.5 Å². The van der Waals surface area contributed by atoms with Gasteiger partial charge in [0.15, 0.2) is 0 Å². The Kier molecular flexibility index (Phi) is 6.56. The van der Waals surface area contributed by atoms with Crippen molar-refractivity contribution in [1.29, 1.82) is 0 Å². The summed E-state index contributed by atoms with van der Waals surface area (Å²) in [5, 5.41) is 3.49. The molecule has 0 atom stereocenters. The molecule has 1 heterocycles. The molecule has 1 aromatic heterocycles. The second kappa shape index (κ2) is 9.52. The number of imidazole rings is 1. The molecule has 1 aliphatic rings. The van der Waals surface area contributed by atoms with E-state index in [-0.39, 0.29) is 24.9 Å². The molecule has 4 rings (SSSR count). The van der Waals surface area contributed by atoms with E-state index in [0.717, 1.165) is 23.9 Å². The van der Waals surface area contributed by atoms with Gasteiger partial charge < -0.3 is 14.8 Å². The zero-order valence-corrected chi connectivity index (χ0v) is 18.4. The van der Waals surface area contributed by atoms with Crippen LogP contribution in [0, 0.1) is 0 Å². The van der Waals surface area contributed by atoms with Gasteiger partial charge in [0.25, 0.3) is 5.91 Å². The molecule has 0 spiro atoms. The summed E-state index contributed by atoms with van der Waals surface area (Å²) < 4.78 is 1.92. The Balaban J connectivity index is 1.52. The van der Waals surface area contributed by atoms with Gasteiger partial charge in [-0.15, -0.1) is 0 Å². The van der Waals surface area contributed by atoms with Gasteiger partial charge in [-0.1, -0.05) is 43.0 Å². The second-order valence-corrected chi connectivity index (χ2v) is 8.53. The van der Waals surface area contributed by atoms with E-state index in [4.69, 9.17) is 11.6 Å². The van der Waals surface area contributed by atoms with Crippen molar-refractivity contribution in [1.82, 2.24) is 19.8 Å². The van der Waals surface area contributed by atoms with E-state index in [9.17, 15) is 9.59 Å². The fourth-order valence-corrected chi connectivity index (χ4v) is 4.34. The summed E-state index contributed by atoms with van der Waals surface area (Å²) in [6.45, 7) is 0.441. The van der Waals surface area contributed by atoms with Gasteiger partial charge in [0.1, 0.15) is 12.4 Å². The normalized spacial score (nSPS) is 14.5. The van der Waals surface area contributed by atoms with Gasteiger partial charge in [0, 0.05) is 23.7 Å². The first-order valence-corrected chi connectivity index (χ1v) is 11.1. The smallest absolute Gasteiger partial charge is 0.251 e. The number of benzene rings is 2. The largest absolute Gasteiger partial charge is 0.345 e. The number of hydrogen-bond acceptors (Lipinski definition) is 3. The van der Waals surface area contributed by atoms with Crippen molar-refractivity contribution in [3.63, 3.8) is 0 Å². The number of carbonyl (C=O) groups excluding carboxylic acids is 2. The standard InChI is InChI=1S/C24H27ClN4O2/c1-28(19-7-3-2-4-8-19)23(30)16-29-21-10-6-5-9-20(21)27-22(29)15-26-24(31)17-11-13-18(25)14-12-17/h5-6,9-14,19H,2-4,7-8,15-16H2,1H3,(H,26,31). The van der Waals surface area contributed by atoms with E-state index in [2.05, 4.69) is 10.3 Å². The molecule has 2 aromatic carbocycles. The number of para-hydroxylation sites is 2. The van der Waals surface area contributed by atoms with Crippen LogP contribution in [0.15, 0.2) is 48.5 Å². The third-order valence-electron chi connectivity index (χ3n) is 6.06. The highest BCUT2D eigenvalue weighted by Crippen LogP contribution is 2.23. The summed E-state index contributed by atoms with van der Waals surface area (Å²) in [5.74, 6) is 0.523. The molecular weight excluding hydrogens is 412 g/mol. The van der Waals surface area contributed by atoms with Crippen LogP contribution in [0.5, 0.6) is 0 Å². The maximum atomic E-state index is 13.1. The minimum absolute atomic E-state index is 0.0698. The highest BCUT2D eigenvalue weighted by Gasteiger charge is 2.23. The van der Waals surface area contributed by atoms with Gasteiger partial charge in [-0.05, 0) is 49.2 Å². The van der Waals surface area contributed by atoms with E-state index in [1.165, 1.54) is 19.3 Å². The first-order valence-electron chi connectivity index (χ1n) is 10.8. The van der Waals surface area contributed by atoms with Crippen LogP contribution >= 0.6 is 11.6 Å². The lowest BCUT2D eigenvalue weighted by Crippen LogP contribution is -2.40. The molecule has 2 amide bonds. The predicted octanol–water partition coefficient (Wildman–Crippen LogP) is 4.41. The molecule has 0 saturated heterocycles. The van der Waals surface area contributed by atoms with Crippen LogP contribution in [0.1, 0.15) is 48.3 Å². The summed E-state index contributed by atoms with van der Waals surface area (Å²) in [4.78, 5) is 32.2.